The Bertz CT molecular complexity index is 1610. The number of hydrogen-bond donors (Lipinski definition) is 2. The van der Waals surface area contributed by atoms with E-state index in [0.29, 0.717) is 40.4 Å². The zero-order chi connectivity index (χ0) is 30.7. The number of pyridine rings is 1. The van der Waals surface area contributed by atoms with Gasteiger partial charge < -0.3 is 9.64 Å². The normalized spacial score (nSPS) is 22.1. The molecule has 5 rings (SSSR count). The zero-order valence-electron chi connectivity index (χ0n) is 23.6. The Morgan fingerprint density at radius 3 is 2.53 bits per heavy atom. The first-order valence-corrected chi connectivity index (χ1v) is 16.5. The molecule has 43 heavy (non-hydrogen) atoms. The summed E-state index contributed by atoms with van der Waals surface area (Å²) in [5.41, 5.74) is 4.40. The van der Waals surface area contributed by atoms with E-state index in [1.807, 2.05) is 6.07 Å². The van der Waals surface area contributed by atoms with Crippen molar-refractivity contribution in [1.29, 1.82) is 0 Å². The number of carbonyl (C=O) groups excluding carboxylic acids is 2. The lowest BCUT2D eigenvalue weighted by atomic mass is 9.76. The molecule has 3 aromatic rings. The van der Waals surface area contributed by atoms with E-state index < -0.39 is 40.0 Å². The second kappa shape index (κ2) is 13.2. The number of rotatable bonds is 9. The van der Waals surface area contributed by atoms with Gasteiger partial charge in [0.2, 0.25) is 10.0 Å². The van der Waals surface area contributed by atoms with Crippen LogP contribution in [0.15, 0.2) is 60.8 Å². The lowest BCUT2D eigenvalue weighted by Gasteiger charge is -2.49. The highest BCUT2D eigenvalue weighted by molar-refractivity contribution is 7.88. The molecular weight excluding hydrogens is 615 g/mol. The molecule has 0 saturated heterocycles. The van der Waals surface area contributed by atoms with Gasteiger partial charge in [-0.25, -0.2) is 18.6 Å². The summed E-state index contributed by atoms with van der Waals surface area (Å²) in [5, 5.41) is 0.657. The molecule has 1 saturated carbocycles. The second-order valence-corrected chi connectivity index (χ2v) is 13.3. The van der Waals surface area contributed by atoms with E-state index in [-0.39, 0.29) is 23.1 Å². The average Bonchev–Trinajstić information content (AvgIpc) is 2.97. The summed E-state index contributed by atoms with van der Waals surface area (Å²) in [6.45, 7) is 0.0206. The van der Waals surface area contributed by atoms with Crippen LogP contribution in [-0.2, 0) is 26.3 Å². The van der Waals surface area contributed by atoms with Crippen LogP contribution in [0.4, 0.5) is 0 Å². The molecule has 2 N–H and O–H groups in total. The maximum atomic E-state index is 14.5. The van der Waals surface area contributed by atoms with Crippen molar-refractivity contribution in [3.63, 3.8) is 0 Å². The van der Waals surface area contributed by atoms with Crippen LogP contribution in [0.1, 0.15) is 64.8 Å². The Balaban J connectivity index is 1.64. The molecule has 2 amide bonds. The topological polar surface area (TPSA) is 127 Å². The molecule has 1 aliphatic heterocycles. The minimum atomic E-state index is -3.60. The fourth-order valence-electron chi connectivity index (χ4n) is 6.01. The largest absolute Gasteiger partial charge is 0.497 e. The third-order valence-electron chi connectivity index (χ3n) is 7.81. The molecule has 0 radical (unpaired) electrons. The smallest absolute Gasteiger partial charge is 0.255 e. The van der Waals surface area contributed by atoms with Gasteiger partial charge in [-0.3, -0.25) is 19.4 Å². The first kappa shape index (κ1) is 31.2. The van der Waals surface area contributed by atoms with Crippen molar-refractivity contribution in [3.8, 4) is 5.75 Å². The Morgan fingerprint density at radius 2 is 1.84 bits per heavy atom. The minimum Gasteiger partial charge on any atom is -0.497 e. The van der Waals surface area contributed by atoms with E-state index in [4.69, 9.17) is 32.8 Å². The number of methoxy groups -OCH3 is 1. The third-order valence-corrected chi connectivity index (χ3v) is 9.10. The van der Waals surface area contributed by atoms with Gasteiger partial charge in [-0.2, -0.15) is 0 Å². The van der Waals surface area contributed by atoms with Gasteiger partial charge >= 0.3 is 0 Å². The number of ether oxygens (including phenoxy) is 1. The summed E-state index contributed by atoms with van der Waals surface area (Å²) in [4.78, 5) is 40.0. The molecule has 1 aliphatic carbocycles. The molecule has 0 unspecified atom stereocenters. The molecular formula is C30H32Cl2N4O6S. The summed E-state index contributed by atoms with van der Waals surface area (Å²) in [6, 6.07) is 13.2. The minimum absolute atomic E-state index is 0.0206. The molecule has 10 nitrogen and oxygen atoms in total. The van der Waals surface area contributed by atoms with Crippen LogP contribution >= 0.6 is 23.2 Å². The summed E-state index contributed by atoms with van der Waals surface area (Å²) >= 11 is 13.0. The molecule has 1 fully saturated rings. The number of nitrogens with zero attached hydrogens (tertiary/aromatic N) is 2. The molecule has 2 heterocycles. The number of fused-ring (bicyclic) bond motifs is 1. The fourth-order valence-corrected chi connectivity index (χ4v) is 7.36. The summed E-state index contributed by atoms with van der Waals surface area (Å²) < 4.78 is 32.9. The fraction of sp³-hybridized carbons (Fsp3) is 0.367. The van der Waals surface area contributed by atoms with Gasteiger partial charge in [0.25, 0.3) is 11.8 Å². The number of carbonyl (C=O) groups is 2. The number of hydrogen-bond acceptors (Lipinski definition) is 7. The first-order valence-electron chi connectivity index (χ1n) is 13.8. The van der Waals surface area contributed by atoms with E-state index in [1.54, 1.807) is 59.6 Å². The van der Waals surface area contributed by atoms with Crippen molar-refractivity contribution in [2.24, 2.45) is 0 Å². The number of hydroxylamine groups is 1. The Morgan fingerprint density at radius 1 is 1.07 bits per heavy atom. The lowest BCUT2D eigenvalue weighted by Crippen LogP contribution is -2.59. The van der Waals surface area contributed by atoms with Gasteiger partial charge in [-0.15, -0.1) is 0 Å². The number of benzene rings is 2. The Labute approximate surface area is 260 Å². The van der Waals surface area contributed by atoms with E-state index >= 15 is 0 Å². The summed E-state index contributed by atoms with van der Waals surface area (Å²) in [5.74, 6) is -1.42. The van der Waals surface area contributed by atoms with E-state index in [9.17, 15) is 18.0 Å². The van der Waals surface area contributed by atoms with Crippen LogP contribution in [0.2, 0.25) is 10.0 Å². The number of amides is 2. The predicted octanol–water partition coefficient (Wildman–Crippen LogP) is 4.79. The molecule has 2 aromatic carbocycles. The highest BCUT2D eigenvalue weighted by Crippen LogP contribution is 2.48. The first-order chi connectivity index (χ1) is 20.6. The Kier molecular flexibility index (Phi) is 9.57. The monoisotopic (exact) mass is 646 g/mol. The quantitative estimate of drug-likeness (QED) is 0.320. The van der Waals surface area contributed by atoms with E-state index in [0.717, 1.165) is 19.1 Å². The van der Waals surface area contributed by atoms with Crippen LogP contribution in [0.5, 0.6) is 5.75 Å². The second-order valence-electron chi connectivity index (χ2n) is 10.7. The van der Waals surface area contributed by atoms with Crippen LogP contribution in [0.3, 0.4) is 0 Å². The van der Waals surface area contributed by atoms with Gasteiger partial charge in [0.15, 0.2) is 0 Å². The molecule has 2 aliphatic rings. The standard InChI is InChI=1S/C30H32Cl2N4O6S/c1-41-20-11-13-21-23(16-20)30(38)36(26-9-4-3-8-25(26)35-43(2,39)40)28(22-12-10-18(31)15-24(22)32)27(21)29(37)34-42-17-19-7-5-6-14-33-19/h5-7,10-16,25-28,35H,3-4,8-9,17H2,1-2H3,(H,34,37)/t25-,26-,27+,28-/m0/s1. The number of nitrogens with one attached hydrogen (secondary N) is 2. The number of sulfonamides is 1. The third kappa shape index (κ3) is 6.97. The predicted molar refractivity (Wildman–Crippen MR) is 162 cm³/mol. The number of aromatic nitrogens is 1. The summed E-state index contributed by atoms with van der Waals surface area (Å²) in [7, 11) is -2.11. The van der Waals surface area contributed by atoms with Gasteiger partial charge in [-0.05, 0) is 60.4 Å². The van der Waals surface area contributed by atoms with Crippen LogP contribution in [-0.4, -0.2) is 55.6 Å². The highest BCUT2D eigenvalue weighted by Gasteiger charge is 2.49. The molecule has 0 bridgehead atoms. The molecule has 0 spiro atoms. The van der Waals surface area contributed by atoms with Gasteiger partial charge in [0.1, 0.15) is 12.4 Å². The van der Waals surface area contributed by atoms with Crippen molar-refractivity contribution < 1.29 is 27.6 Å². The van der Waals surface area contributed by atoms with Crippen molar-refractivity contribution >= 4 is 45.0 Å². The van der Waals surface area contributed by atoms with Crippen LogP contribution in [0, 0.1) is 0 Å². The average molecular weight is 648 g/mol. The lowest BCUT2D eigenvalue weighted by molar-refractivity contribution is -0.138. The molecule has 4 atom stereocenters. The molecule has 13 heteroatoms. The SMILES string of the molecule is COc1ccc2c(c1)C(=O)N([C@H]1CCCC[C@@H]1NS(C)(=O)=O)[C@@H](c1ccc(Cl)cc1Cl)[C@@H]2C(=O)NOCc1ccccn1. The molecule has 228 valence electrons. The van der Waals surface area contributed by atoms with Crippen LogP contribution in [0.25, 0.3) is 0 Å². The van der Waals surface area contributed by atoms with Crippen molar-refractivity contribution in [3.05, 3.63) is 93.2 Å². The van der Waals surface area contributed by atoms with E-state index in [2.05, 4.69) is 15.2 Å². The van der Waals surface area contributed by atoms with Crippen molar-refractivity contribution in [2.75, 3.05) is 13.4 Å². The highest BCUT2D eigenvalue weighted by atomic mass is 35.5. The maximum absolute atomic E-state index is 14.5. The van der Waals surface area contributed by atoms with Gasteiger partial charge in [-0.1, -0.05) is 54.2 Å². The maximum Gasteiger partial charge on any atom is 0.255 e. The van der Waals surface area contributed by atoms with Gasteiger partial charge in [0.05, 0.1) is 31.0 Å². The molecule has 1 aromatic heterocycles. The van der Waals surface area contributed by atoms with Crippen molar-refractivity contribution in [2.45, 2.75) is 56.3 Å². The van der Waals surface area contributed by atoms with E-state index in [1.165, 1.54) is 7.11 Å². The zero-order valence-corrected chi connectivity index (χ0v) is 26.0. The van der Waals surface area contributed by atoms with Crippen molar-refractivity contribution in [1.82, 2.24) is 20.1 Å². The van der Waals surface area contributed by atoms with Gasteiger partial charge in [0, 0.05) is 33.9 Å². The Hall–Kier alpha value is -3.22. The summed E-state index contributed by atoms with van der Waals surface area (Å²) in [6.07, 6.45) is 5.32. The van der Waals surface area contributed by atoms with Crippen LogP contribution < -0.4 is 14.9 Å². The number of halogens is 2.